The molecule has 2 amide bonds. The van der Waals surface area contributed by atoms with Crippen LogP contribution in [0.4, 0.5) is 16.2 Å². The number of hydrogen-bond donors (Lipinski definition) is 1. The Labute approximate surface area is 99.4 Å². The maximum Gasteiger partial charge on any atom is 0.346 e. The fourth-order valence-corrected chi connectivity index (χ4v) is 2.53. The summed E-state index contributed by atoms with van der Waals surface area (Å²) in [6.45, 7) is 0. The summed E-state index contributed by atoms with van der Waals surface area (Å²) >= 11 is 0. The second-order valence-corrected chi connectivity index (χ2v) is 4.63. The van der Waals surface area contributed by atoms with Gasteiger partial charge >= 0.3 is 6.03 Å². The molecule has 0 bridgehead atoms. The Morgan fingerprint density at radius 3 is 2.71 bits per heavy atom. The maximum atomic E-state index is 11.2. The number of hydrogen-bond acceptors (Lipinski definition) is 2. The Hall–Kier alpha value is -1.84. The monoisotopic (exact) mass is 229 g/mol. The summed E-state index contributed by atoms with van der Waals surface area (Å²) in [5.41, 5.74) is 2.70. The van der Waals surface area contributed by atoms with E-state index in [0.29, 0.717) is 24.5 Å². The van der Waals surface area contributed by atoms with Crippen molar-refractivity contribution in [2.45, 2.75) is 31.6 Å². The first-order valence-electron chi connectivity index (χ1n) is 5.91. The van der Waals surface area contributed by atoms with Crippen LogP contribution in [0.1, 0.15) is 37.2 Å². The van der Waals surface area contributed by atoms with Gasteiger partial charge in [0.15, 0.2) is 0 Å². The molecule has 1 N–H and O–H groups in total. The lowest BCUT2D eigenvalue weighted by Crippen LogP contribution is -2.12. The van der Waals surface area contributed by atoms with Crippen molar-refractivity contribution in [3.05, 3.63) is 23.8 Å². The lowest BCUT2D eigenvalue weighted by molar-refractivity contribution is -0.120. The third-order valence-electron chi connectivity index (χ3n) is 3.50. The average molecular weight is 229 g/mol. The minimum Gasteiger partial charge on any atom is -0.304 e. The number of anilines is 1. The number of rotatable bonds is 1. The van der Waals surface area contributed by atoms with Gasteiger partial charge in [-0.15, -0.1) is 0 Å². The van der Waals surface area contributed by atoms with E-state index in [1.165, 1.54) is 5.56 Å². The van der Waals surface area contributed by atoms with Crippen molar-refractivity contribution in [2.24, 2.45) is 0 Å². The zero-order valence-electron chi connectivity index (χ0n) is 9.40. The van der Waals surface area contributed by atoms with E-state index < -0.39 is 0 Å². The van der Waals surface area contributed by atoms with Crippen molar-refractivity contribution in [1.82, 2.24) is 5.32 Å². The predicted molar refractivity (Wildman–Crippen MR) is 63.5 cm³/mol. The van der Waals surface area contributed by atoms with Crippen LogP contribution in [-0.4, -0.2) is 11.8 Å². The molecule has 4 heteroatoms. The molecule has 1 aromatic carbocycles. The van der Waals surface area contributed by atoms with Gasteiger partial charge in [-0.25, -0.2) is 4.79 Å². The molecule has 3 rings (SSSR count). The first kappa shape index (κ1) is 10.3. The van der Waals surface area contributed by atoms with E-state index in [1.54, 1.807) is 0 Å². The van der Waals surface area contributed by atoms with Crippen LogP contribution in [0.2, 0.25) is 0 Å². The van der Waals surface area contributed by atoms with Crippen molar-refractivity contribution in [1.29, 1.82) is 0 Å². The van der Waals surface area contributed by atoms with Crippen LogP contribution in [0.25, 0.3) is 0 Å². The maximum absolute atomic E-state index is 11.2. The molecule has 0 spiro atoms. The van der Waals surface area contributed by atoms with Crippen molar-refractivity contribution in [3.63, 3.8) is 0 Å². The van der Waals surface area contributed by atoms with Crippen LogP contribution >= 0.6 is 0 Å². The Balaban J connectivity index is 1.83. The molecule has 1 fully saturated rings. The molecule has 0 saturated heterocycles. The fourth-order valence-electron chi connectivity index (χ4n) is 2.53. The van der Waals surface area contributed by atoms with Gasteiger partial charge in [0.1, 0.15) is 5.78 Å². The number of urea groups is 1. The van der Waals surface area contributed by atoms with E-state index in [9.17, 15) is 9.59 Å². The van der Waals surface area contributed by atoms with E-state index in [2.05, 4.69) is 10.6 Å². The smallest absolute Gasteiger partial charge is 0.304 e. The van der Waals surface area contributed by atoms with E-state index in [4.69, 9.17) is 0 Å². The Kier molecular flexibility index (Phi) is 2.35. The number of carbonyl (C=O) groups excluding carboxylic acids is 2. The van der Waals surface area contributed by atoms with Crippen LogP contribution in [0.15, 0.2) is 18.2 Å². The highest BCUT2D eigenvalue weighted by Gasteiger charge is 2.23. The van der Waals surface area contributed by atoms with Crippen molar-refractivity contribution < 1.29 is 9.59 Å². The molecule has 17 heavy (non-hydrogen) atoms. The van der Waals surface area contributed by atoms with Crippen LogP contribution < -0.4 is 10.6 Å². The molecule has 0 atom stereocenters. The largest absolute Gasteiger partial charge is 0.346 e. The number of carbonyl (C=O) groups is 2. The van der Waals surface area contributed by atoms with E-state index in [0.717, 1.165) is 24.2 Å². The normalized spacial score (nSPS) is 19.8. The summed E-state index contributed by atoms with van der Waals surface area (Å²) in [4.78, 5) is 22.3. The highest BCUT2D eigenvalue weighted by molar-refractivity contribution is 6.02. The Morgan fingerprint density at radius 2 is 1.94 bits per heavy atom. The average Bonchev–Trinajstić information content (AvgIpc) is 2.69. The molecule has 2 aliphatic rings. The molecular weight excluding hydrogens is 216 g/mol. The lowest BCUT2D eigenvalue weighted by atomic mass is 9.83. The SMILES string of the molecule is O=C1CCC(c2ccc3c(c2)[N]C(=O)N3)CC1. The van der Waals surface area contributed by atoms with Crippen molar-refractivity contribution in [3.8, 4) is 0 Å². The van der Waals surface area contributed by atoms with Crippen LogP contribution in [-0.2, 0) is 4.79 Å². The van der Waals surface area contributed by atoms with Gasteiger partial charge < -0.3 is 5.32 Å². The third-order valence-corrected chi connectivity index (χ3v) is 3.50. The summed E-state index contributed by atoms with van der Waals surface area (Å²) in [6, 6.07) is 5.60. The van der Waals surface area contributed by atoms with Gasteiger partial charge in [-0.1, -0.05) is 6.07 Å². The summed E-state index contributed by atoms with van der Waals surface area (Å²) in [7, 11) is 0. The summed E-state index contributed by atoms with van der Waals surface area (Å²) in [5, 5.41) is 6.58. The minimum atomic E-state index is -0.295. The molecule has 1 saturated carbocycles. The predicted octanol–water partition coefficient (Wildman–Crippen LogP) is 2.69. The molecular formula is C13H13N2O2. The number of nitrogens with zero attached hydrogens (tertiary/aromatic N) is 1. The molecule has 1 aromatic rings. The fraction of sp³-hybridized carbons (Fsp3) is 0.385. The quantitative estimate of drug-likeness (QED) is 0.804. The molecule has 4 nitrogen and oxygen atoms in total. The number of benzene rings is 1. The summed E-state index contributed by atoms with van der Waals surface area (Å²) in [6.07, 6.45) is 3.18. The number of nitrogens with one attached hydrogen (secondary N) is 1. The highest BCUT2D eigenvalue weighted by Crippen LogP contribution is 2.36. The van der Waals surface area contributed by atoms with E-state index in [-0.39, 0.29) is 6.03 Å². The standard InChI is InChI=1S/C13H13N2O2/c16-10-4-1-8(2-5-10)9-3-6-11-12(7-9)15-13(17)14-11/h3,6-8H,1-2,4-5H2,(H,14,17). The van der Waals surface area contributed by atoms with Crippen LogP contribution in [0.3, 0.4) is 0 Å². The Bertz CT molecular complexity index is 486. The minimum absolute atomic E-state index is 0.295. The second kappa shape index (κ2) is 3.87. The third kappa shape index (κ3) is 1.90. The second-order valence-electron chi connectivity index (χ2n) is 4.63. The van der Waals surface area contributed by atoms with Gasteiger partial charge in [0.2, 0.25) is 0 Å². The van der Waals surface area contributed by atoms with Gasteiger partial charge in [0.05, 0.1) is 11.4 Å². The number of Topliss-reactive ketones (excluding diaryl/α,β-unsaturated/α-hetero) is 1. The summed E-state index contributed by atoms with van der Waals surface area (Å²) < 4.78 is 0. The van der Waals surface area contributed by atoms with Gasteiger partial charge in [-0.05, 0) is 36.5 Å². The number of amides is 2. The van der Waals surface area contributed by atoms with Crippen molar-refractivity contribution in [2.75, 3.05) is 5.32 Å². The molecule has 1 heterocycles. The zero-order valence-corrected chi connectivity index (χ0v) is 9.40. The first-order chi connectivity index (χ1) is 8.22. The van der Waals surface area contributed by atoms with Gasteiger partial charge in [0.25, 0.3) is 0 Å². The van der Waals surface area contributed by atoms with Gasteiger partial charge in [-0.3, -0.25) is 4.79 Å². The van der Waals surface area contributed by atoms with Gasteiger partial charge in [0, 0.05) is 12.8 Å². The lowest BCUT2D eigenvalue weighted by Gasteiger charge is -2.21. The molecule has 0 aromatic heterocycles. The van der Waals surface area contributed by atoms with Crippen LogP contribution in [0.5, 0.6) is 0 Å². The zero-order chi connectivity index (χ0) is 11.8. The molecule has 0 unspecified atom stereocenters. The molecule has 87 valence electrons. The van der Waals surface area contributed by atoms with E-state index >= 15 is 0 Å². The van der Waals surface area contributed by atoms with Crippen LogP contribution in [0, 0.1) is 0 Å². The van der Waals surface area contributed by atoms with E-state index in [1.807, 2.05) is 18.2 Å². The number of ketones is 1. The van der Waals surface area contributed by atoms with Gasteiger partial charge in [-0.2, -0.15) is 5.32 Å². The topological polar surface area (TPSA) is 60.3 Å². The molecule has 1 aliphatic heterocycles. The molecule has 1 aliphatic carbocycles. The molecule has 1 radical (unpaired) electrons. The Morgan fingerprint density at radius 1 is 1.18 bits per heavy atom. The summed E-state index contributed by atoms with van der Waals surface area (Å²) in [5.74, 6) is 0.799. The highest BCUT2D eigenvalue weighted by atomic mass is 16.2. The first-order valence-corrected chi connectivity index (χ1v) is 5.91. The number of fused-ring (bicyclic) bond motifs is 1. The van der Waals surface area contributed by atoms with Crippen molar-refractivity contribution >= 4 is 23.2 Å².